The SMILES string of the molecule is COc1ccc(-c2nc3ncnc(N)c3[nH]2)cc1F. The van der Waals surface area contributed by atoms with Gasteiger partial charge in [0.1, 0.15) is 17.7 Å². The van der Waals surface area contributed by atoms with Gasteiger partial charge in [-0.3, -0.25) is 0 Å². The van der Waals surface area contributed by atoms with E-state index >= 15 is 0 Å². The van der Waals surface area contributed by atoms with Gasteiger partial charge in [-0.05, 0) is 18.2 Å². The van der Waals surface area contributed by atoms with Gasteiger partial charge < -0.3 is 15.5 Å². The molecule has 0 atom stereocenters. The van der Waals surface area contributed by atoms with Crippen LogP contribution < -0.4 is 10.5 Å². The first-order chi connectivity index (χ1) is 9.19. The normalized spacial score (nSPS) is 10.8. The summed E-state index contributed by atoms with van der Waals surface area (Å²) < 4.78 is 18.5. The lowest BCUT2D eigenvalue weighted by atomic mass is 10.2. The highest BCUT2D eigenvalue weighted by molar-refractivity contribution is 5.84. The Bertz CT molecular complexity index is 755. The second-order valence-corrected chi connectivity index (χ2v) is 3.89. The summed E-state index contributed by atoms with van der Waals surface area (Å²) in [4.78, 5) is 15.1. The van der Waals surface area contributed by atoms with Crippen LogP contribution in [0.15, 0.2) is 24.5 Å². The van der Waals surface area contributed by atoms with Crippen molar-refractivity contribution in [2.75, 3.05) is 12.8 Å². The van der Waals surface area contributed by atoms with Gasteiger partial charge in [-0.15, -0.1) is 0 Å². The first-order valence-corrected chi connectivity index (χ1v) is 5.49. The van der Waals surface area contributed by atoms with Gasteiger partial charge in [-0.1, -0.05) is 0 Å². The second-order valence-electron chi connectivity index (χ2n) is 3.89. The van der Waals surface area contributed by atoms with Crippen molar-refractivity contribution in [1.82, 2.24) is 19.9 Å². The highest BCUT2D eigenvalue weighted by atomic mass is 19.1. The smallest absolute Gasteiger partial charge is 0.183 e. The number of aromatic nitrogens is 4. The Morgan fingerprint density at radius 3 is 2.84 bits per heavy atom. The fourth-order valence-electron chi connectivity index (χ4n) is 1.80. The van der Waals surface area contributed by atoms with Crippen LogP contribution in [-0.2, 0) is 0 Å². The molecule has 0 saturated heterocycles. The predicted octanol–water partition coefficient (Wildman–Crippen LogP) is 1.75. The highest BCUT2D eigenvalue weighted by Gasteiger charge is 2.11. The maximum atomic E-state index is 13.7. The van der Waals surface area contributed by atoms with Crippen molar-refractivity contribution in [3.05, 3.63) is 30.3 Å². The Kier molecular flexibility index (Phi) is 2.52. The van der Waals surface area contributed by atoms with Gasteiger partial charge in [-0.2, -0.15) is 0 Å². The molecule has 0 radical (unpaired) electrons. The molecule has 0 aliphatic heterocycles. The zero-order chi connectivity index (χ0) is 13.4. The third kappa shape index (κ3) is 1.85. The number of nitrogens with one attached hydrogen (secondary N) is 1. The Balaban J connectivity index is 2.14. The van der Waals surface area contributed by atoms with Gasteiger partial charge in [0, 0.05) is 5.56 Å². The molecule has 2 aromatic heterocycles. The third-order valence-corrected chi connectivity index (χ3v) is 2.74. The van der Waals surface area contributed by atoms with E-state index in [1.807, 2.05) is 0 Å². The molecular formula is C12H10FN5O. The van der Waals surface area contributed by atoms with Crippen LogP contribution in [0.3, 0.4) is 0 Å². The number of hydrogen-bond donors (Lipinski definition) is 2. The van der Waals surface area contributed by atoms with Gasteiger partial charge >= 0.3 is 0 Å². The Morgan fingerprint density at radius 2 is 2.16 bits per heavy atom. The minimum absolute atomic E-state index is 0.180. The van der Waals surface area contributed by atoms with Crippen molar-refractivity contribution in [3.8, 4) is 17.1 Å². The number of aromatic amines is 1. The van der Waals surface area contributed by atoms with Crippen LogP contribution in [0.25, 0.3) is 22.6 Å². The molecule has 3 N–H and O–H groups in total. The van der Waals surface area contributed by atoms with Gasteiger partial charge in [0.15, 0.2) is 23.0 Å². The van der Waals surface area contributed by atoms with Crippen molar-refractivity contribution in [1.29, 1.82) is 0 Å². The minimum Gasteiger partial charge on any atom is -0.494 e. The average molecular weight is 259 g/mol. The maximum Gasteiger partial charge on any atom is 0.183 e. The molecule has 0 bridgehead atoms. The summed E-state index contributed by atoms with van der Waals surface area (Å²) in [5.74, 6) is 0.500. The molecule has 6 nitrogen and oxygen atoms in total. The number of ether oxygens (including phenoxy) is 1. The van der Waals surface area contributed by atoms with E-state index in [4.69, 9.17) is 10.5 Å². The summed E-state index contributed by atoms with van der Waals surface area (Å²) in [6.07, 6.45) is 1.33. The van der Waals surface area contributed by atoms with Crippen molar-refractivity contribution in [2.24, 2.45) is 0 Å². The molecule has 7 heteroatoms. The summed E-state index contributed by atoms with van der Waals surface area (Å²) in [5.41, 5.74) is 7.27. The van der Waals surface area contributed by atoms with E-state index in [-0.39, 0.29) is 5.75 Å². The van der Waals surface area contributed by atoms with Crippen LogP contribution in [-0.4, -0.2) is 27.0 Å². The fourth-order valence-corrected chi connectivity index (χ4v) is 1.80. The van der Waals surface area contributed by atoms with Crippen molar-refractivity contribution < 1.29 is 9.13 Å². The first kappa shape index (κ1) is 11.4. The number of benzene rings is 1. The van der Waals surface area contributed by atoms with Crippen LogP contribution in [0.4, 0.5) is 10.2 Å². The summed E-state index contributed by atoms with van der Waals surface area (Å²) >= 11 is 0. The zero-order valence-electron chi connectivity index (χ0n) is 10.0. The molecule has 0 saturated carbocycles. The number of hydrogen-bond acceptors (Lipinski definition) is 5. The molecule has 3 aromatic rings. The molecule has 0 aliphatic rings. The number of nitrogens with two attached hydrogens (primary N) is 1. The molecule has 1 aromatic carbocycles. The number of H-pyrrole nitrogens is 1. The molecule has 3 rings (SSSR count). The van der Waals surface area contributed by atoms with Crippen LogP contribution in [0.5, 0.6) is 5.75 Å². The van der Waals surface area contributed by atoms with Crippen LogP contribution in [0.1, 0.15) is 0 Å². The molecule has 0 amide bonds. The lowest BCUT2D eigenvalue weighted by molar-refractivity contribution is 0.386. The number of rotatable bonds is 2. The van der Waals surface area contributed by atoms with E-state index in [2.05, 4.69) is 19.9 Å². The lowest BCUT2D eigenvalue weighted by Gasteiger charge is -2.02. The summed E-state index contributed by atoms with van der Waals surface area (Å²) in [7, 11) is 1.41. The second kappa shape index (κ2) is 4.20. The van der Waals surface area contributed by atoms with Crippen LogP contribution >= 0.6 is 0 Å². The van der Waals surface area contributed by atoms with Gasteiger partial charge in [-0.25, -0.2) is 19.3 Å². The number of nitrogen functional groups attached to an aromatic ring is 1. The van der Waals surface area contributed by atoms with Crippen molar-refractivity contribution in [2.45, 2.75) is 0 Å². The average Bonchev–Trinajstić information content (AvgIpc) is 2.84. The zero-order valence-corrected chi connectivity index (χ0v) is 10.0. The Hall–Kier alpha value is -2.70. The molecule has 96 valence electrons. The Morgan fingerprint density at radius 1 is 1.32 bits per heavy atom. The standard InChI is InChI=1S/C12H10FN5O/c1-19-8-3-2-6(4-7(8)13)11-17-9-10(14)15-5-16-12(9)18-11/h2-5H,1H3,(H3,14,15,16,17,18). The van der Waals surface area contributed by atoms with E-state index in [0.29, 0.717) is 28.4 Å². The van der Waals surface area contributed by atoms with Gasteiger partial charge in [0.2, 0.25) is 0 Å². The number of fused-ring (bicyclic) bond motifs is 1. The quantitative estimate of drug-likeness (QED) is 0.731. The molecule has 0 unspecified atom stereocenters. The summed E-state index contributed by atoms with van der Waals surface area (Å²) in [6.45, 7) is 0. The number of anilines is 1. The largest absolute Gasteiger partial charge is 0.494 e. The number of methoxy groups -OCH3 is 1. The first-order valence-electron chi connectivity index (χ1n) is 5.49. The molecule has 0 aliphatic carbocycles. The van der Waals surface area contributed by atoms with Crippen molar-refractivity contribution >= 4 is 17.0 Å². The maximum absolute atomic E-state index is 13.7. The van der Waals surface area contributed by atoms with Gasteiger partial charge in [0.05, 0.1) is 7.11 Å². The molecule has 0 fully saturated rings. The molecule has 19 heavy (non-hydrogen) atoms. The van der Waals surface area contributed by atoms with E-state index in [9.17, 15) is 4.39 Å². The van der Waals surface area contributed by atoms with Crippen LogP contribution in [0, 0.1) is 5.82 Å². The summed E-state index contributed by atoms with van der Waals surface area (Å²) in [6, 6.07) is 4.57. The topological polar surface area (TPSA) is 89.7 Å². The van der Waals surface area contributed by atoms with Gasteiger partial charge in [0.25, 0.3) is 0 Å². The molecule has 2 heterocycles. The summed E-state index contributed by atoms with van der Waals surface area (Å²) in [5, 5.41) is 0. The monoisotopic (exact) mass is 259 g/mol. The lowest BCUT2D eigenvalue weighted by Crippen LogP contribution is -1.91. The predicted molar refractivity (Wildman–Crippen MR) is 68.0 cm³/mol. The fraction of sp³-hybridized carbons (Fsp3) is 0.0833. The number of halogens is 1. The number of imidazole rings is 1. The van der Waals surface area contributed by atoms with E-state index in [1.54, 1.807) is 6.07 Å². The Labute approximate surface area is 107 Å². The highest BCUT2D eigenvalue weighted by Crippen LogP contribution is 2.25. The van der Waals surface area contributed by atoms with E-state index in [0.717, 1.165) is 0 Å². The molecule has 0 spiro atoms. The molecular weight excluding hydrogens is 249 g/mol. The van der Waals surface area contributed by atoms with Crippen LogP contribution in [0.2, 0.25) is 0 Å². The number of nitrogens with zero attached hydrogens (tertiary/aromatic N) is 3. The van der Waals surface area contributed by atoms with E-state index in [1.165, 1.54) is 25.6 Å². The van der Waals surface area contributed by atoms with Crippen molar-refractivity contribution in [3.63, 3.8) is 0 Å². The third-order valence-electron chi connectivity index (χ3n) is 2.74. The minimum atomic E-state index is -0.459. The van der Waals surface area contributed by atoms with E-state index < -0.39 is 5.82 Å².